The van der Waals surface area contributed by atoms with Crippen LogP contribution in [0, 0.1) is 12.3 Å². The highest BCUT2D eigenvalue weighted by Gasteiger charge is 2.24. The van der Waals surface area contributed by atoms with Gasteiger partial charge in [0.1, 0.15) is 10.6 Å². The van der Waals surface area contributed by atoms with E-state index in [1.165, 1.54) is 11.3 Å². The molecular formula is C22H15ClN4OS. The number of terminal acetylenes is 1. The first-order valence-corrected chi connectivity index (χ1v) is 10.3. The Morgan fingerprint density at radius 3 is 3.00 bits per heavy atom. The molecule has 1 atom stereocenters. The Bertz CT molecular complexity index is 1350. The molecule has 1 aliphatic rings. The summed E-state index contributed by atoms with van der Waals surface area (Å²) in [6.07, 6.45) is 7.02. The highest BCUT2D eigenvalue weighted by atomic mass is 35.5. The van der Waals surface area contributed by atoms with Crippen molar-refractivity contribution in [2.24, 2.45) is 0 Å². The zero-order chi connectivity index (χ0) is 20.1. The van der Waals surface area contributed by atoms with Crippen LogP contribution in [0.15, 0.2) is 36.5 Å². The molecule has 0 bridgehead atoms. The van der Waals surface area contributed by atoms with Crippen LogP contribution < -0.4 is 10.6 Å². The minimum atomic E-state index is -0.0400. The number of rotatable bonds is 1. The van der Waals surface area contributed by atoms with Gasteiger partial charge in [-0.25, -0.2) is 9.97 Å². The van der Waals surface area contributed by atoms with Gasteiger partial charge in [-0.3, -0.25) is 4.79 Å². The lowest BCUT2D eigenvalue weighted by Gasteiger charge is -2.10. The van der Waals surface area contributed by atoms with Gasteiger partial charge in [0.25, 0.3) is 5.91 Å². The van der Waals surface area contributed by atoms with Gasteiger partial charge in [0.05, 0.1) is 21.9 Å². The van der Waals surface area contributed by atoms with Crippen LogP contribution in [-0.4, -0.2) is 28.5 Å². The van der Waals surface area contributed by atoms with Crippen LogP contribution in [-0.2, 0) is 0 Å². The Morgan fingerprint density at radius 2 is 2.17 bits per heavy atom. The van der Waals surface area contributed by atoms with Crippen molar-refractivity contribution < 1.29 is 4.79 Å². The number of nitrogens with one attached hydrogen (secondary N) is 2. The number of halogens is 1. The molecule has 1 aliphatic heterocycles. The van der Waals surface area contributed by atoms with Crippen LogP contribution in [0.1, 0.15) is 22.3 Å². The van der Waals surface area contributed by atoms with Gasteiger partial charge in [-0.1, -0.05) is 17.5 Å². The third kappa shape index (κ3) is 2.91. The molecule has 3 aromatic heterocycles. The first kappa shape index (κ1) is 17.9. The van der Waals surface area contributed by atoms with Crippen molar-refractivity contribution in [1.29, 1.82) is 0 Å². The van der Waals surface area contributed by atoms with Gasteiger partial charge >= 0.3 is 0 Å². The highest BCUT2D eigenvalue weighted by molar-refractivity contribution is 7.21. The summed E-state index contributed by atoms with van der Waals surface area (Å²) in [6.45, 7) is 2.66. The molecular weight excluding hydrogens is 404 g/mol. The lowest BCUT2D eigenvalue weighted by Crippen LogP contribution is -2.34. The number of nitrogens with zero attached hydrogens (tertiary/aromatic N) is 2. The summed E-state index contributed by atoms with van der Waals surface area (Å²) in [5, 5.41) is 8.96. The molecule has 0 aliphatic carbocycles. The van der Waals surface area contributed by atoms with Gasteiger partial charge in [-0.2, -0.15) is 0 Å². The first-order chi connectivity index (χ1) is 14.0. The topological polar surface area (TPSA) is 66.9 Å². The van der Waals surface area contributed by atoms with E-state index < -0.39 is 0 Å². The van der Waals surface area contributed by atoms with E-state index in [0.29, 0.717) is 22.1 Å². The van der Waals surface area contributed by atoms with Crippen molar-refractivity contribution >= 4 is 55.5 Å². The fourth-order valence-corrected chi connectivity index (χ4v) is 4.89. The van der Waals surface area contributed by atoms with Gasteiger partial charge < -0.3 is 10.6 Å². The van der Waals surface area contributed by atoms with Crippen molar-refractivity contribution in [2.45, 2.75) is 13.0 Å². The number of fused-ring (bicyclic) bond motifs is 5. The fourth-order valence-electron chi connectivity index (χ4n) is 3.59. The van der Waals surface area contributed by atoms with E-state index in [4.69, 9.17) is 23.0 Å². The SMILES string of the molecule is C#Cc1cc(-c2ccc3c(ccc4sc5c(c43)NC[C@@H](C)NC5=O)n2)c(Cl)cn1. The molecule has 1 amide bonds. The quantitative estimate of drug-likeness (QED) is 0.440. The average molecular weight is 419 g/mol. The molecule has 0 saturated carbocycles. The minimum absolute atomic E-state index is 0.0400. The Morgan fingerprint density at radius 1 is 1.31 bits per heavy atom. The Balaban J connectivity index is 1.72. The normalized spacial score (nSPS) is 16.0. The molecule has 7 heteroatoms. The molecule has 0 spiro atoms. The van der Waals surface area contributed by atoms with Crippen LogP contribution in [0.25, 0.3) is 32.2 Å². The summed E-state index contributed by atoms with van der Waals surface area (Å²) >= 11 is 7.83. The van der Waals surface area contributed by atoms with Crippen molar-refractivity contribution in [3.8, 4) is 23.6 Å². The standard InChI is InChI=1S/C22H15ClN4OS/c1-3-12-8-14(15(23)10-24-12)17-5-4-13-16(27-17)6-7-18-19(13)20-21(29-18)22(28)26-11(2)9-25-20/h1,4-8,10-11,25H,9H2,2H3,(H,26,28)/t11-/m1/s1. The second-order valence-electron chi connectivity index (χ2n) is 6.96. The second-order valence-corrected chi connectivity index (χ2v) is 8.42. The number of thiophene rings is 1. The van der Waals surface area contributed by atoms with Gasteiger partial charge in [0.2, 0.25) is 0 Å². The molecule has 5 rings (SSSR count). The minimum Gasteiger partial charge on any atom is -0.381 e. The lowest BCUT2D eigenvalue weighted by atomic mass is 10.1. The van der Waals surface area contributed by atoms with Crippen LogP contribution in [0.4, 0.5) is 5.69 Å². The molecule has 29 heavy (non-hydrogen) atoms. The Kier molecular flexibility index (Phi) is 4.16. The molecule has 0 radical (unpaired) electrons. The Labute approximate surface area is 176 Å². The monoisotopic (exact) mass is 418 g/mol. The van der Waals surface area contributed by atoms with Crippen molar-refractivity contribution in [1.82, 2.24) is 15.3 Å². The lowest BCUT2D eigenvalue weighted by molar-refractivity contribution is 0.0949. The molecule has 142 valence electrons. The van der Waals surface area contributed by atoms with E-state index in [1.54, 1.807) is 12.3 Å². The zero-order valence-electron chi connectivity index (χ0n) is 15.4. The summed E-state index contributed by atoms with van der Waals surface area (Å²) in [5.41, 5.74) is 3.68. The number of hydrogen-bond donors (Lipinski definition) is 2. The van der Waals surface area contributed by atoms with E-state index in [2.05, 4.69) is 21.5 Å². The Hall–Kier alpha value is -3.14. The molecule has 0 fully saturated rings. The van der Waals surface area contributed by atoms with Crippen molar-refractivity contribution in [3.05, 3.63) is 52.1 Å². The van der Waals surface area contributed by atoms with Crippen LogP contribution >= 0.6 is 22.9 Å². The molecule has 5 nitrogen and oxygen atoms in total. The van der Waals surface area contributed by atoms with Gasteiger partial charge in [-0.05, 0) is 37.3 Å². The summed E-state index contributed by atoms with van der Waals surface area (Å²) < 4.78 is 1.05. The van der Waals surface area contributed by atoms with Crippen LogP contribution in [0.2, 0.25) is 5.02 Å². The summed E-state index contributed by atoms with van der Waals surface area (Å²) in [7, 11) is 0. The predicted molar refractivity (Wildman–Crippen MR) is 119 cm³/mol. The smallest absolute Gasteiger partial charge is 0.263 e. The average Bonchev–Trinajstić information content (AvgIpc) is 3.05. The number of anilines is 1. The molecule has 4 aromatic rings. The van der Waals surface area contributed by atoms with E-state index in [0.717, 1.165) is 37.9 Å². The number of amides is 1. The number of benzene rings is 1. The van der Waals surface area contributed by atoms with Crippen molar-refractivity contribution in [2.75, 3.05) is 11.9 Å². The number of carbonyl (C=O) groups is 1. The third-order valence-corrected chi connectivity index (χ3v) is 6.42. The van der Waals surface area contributed by atoms with E-state index in [1.807, 2.05) is 31.2 Å². The summed E-state index contributed by atoms with van der Waals surface area (Å²) in [5.74, 6) is 2.49. The summed E-state index contributed by atoms with van der Waals surface area (Å²) in [6, 6.07) is 9.75. The predicted octanol–water partition coefficient (Wildman–Crippen LogP) is 4.69. The van der Waals surface area contributed by atoms with Crippen LogP contribution in [0.5, 0.6) is 0 Å². The zero-order valence-corrected chi connectivity index (χ0v) is 17.0. The molecule has 4 heterocycles. The first-order valence-electron chi connectivity index (χ1n) is 9.08. The van der Waals surface area contributed by atoms with Crippen LogP contribution in [0.3, 0.4) is 0 Å². The fraction of sp³-hybridized carbons (Fsp3) is 0.136. The maximum absolute atomic E-state index is 12.6. The second kappa shape index (κ2) is 6.73. The van der Waals surface area contributed by atoms with E-state index >= 15 is 0 Å². The maximum atomic E-state index is 12.6. The number of carbonyl (C=O) groups excluding carboxylic acids is 1. The number of pyridine rings is 2. The van der Waals surface area contributed by atoms with E-state index in [-0.39, 0.29) is 11.9 Å². The van der Waals surface area contributed by atoms with Crippen molar-refractivity contribution in [3.63, 3.8) is 0 Å². The van der Waals surface area contributed by atoms with Gasteiger partial charge in [-0.15, -0.1) is 17.8 Å². The largest absolute Gasteiger partial charge is 0.381 e. The van der Waals surface area contributed by atoms with E-state index in [9.17, 15) is 4.79 Å². The van der Waals surface area contributed by atoms with Gasteiger partial charge in [0.15, 0.2) is 0 Å². The summed E-state index contributed by atoms with van der Waals surface area (Å²) in [4.78, 5) is 22.2. The third-order valence-electron chi connectivity index (χ3n) is 4.97. The highest BCUT2D eigenvalue weighted by Crippen LogP contribution is 2.41. The molecule has 2 N–H and O–H groups in total. The van der Waals surface area contributed by atoms with Gasteiger partial charge in [0, 0.05) is 39.8 Å². The molecule has 1 aromatic carbocycles. The number of hydrogen-bond acceptors (Lipinski definition) is 5. The number of aromatic nitrogens is 2. The molecule has 0 unspecified atom stereocenters. The molecule has 0 saturated heterocycles. The maximum Gasteiger partial charge on any atom is 0.263 e.